The van der Waals surface area contributed by atoms with Gasteiger partial charge in [0.2, 0.25) is 0 Å². The fourth-order valence-corrected chi connectivity index (χ4v) is 2.79. The molecule has 0 aliphatic heterocycles. The van der Waals surface area contributed by atoms with Crippen molar-refractivity contribution in [3.05, 3.63) is 64.2 Å². The van der Waals surface area contributed by atoms with Gasteiger partial charge in [-0.15, -0.1) is 0 Å². The number of para-hydroxylation sites is 1. The fraction of sp³-hybridized carbons (Fsp3) is 0.125. The molecule has 3 rings (SSSR count). The molecule has 1 aromatic heterocycles. The lowest BCUT2D eigenvalue weighted by Crippen LogP contribution is -2.25. The minimum absolute atomic E-state index is 0.0363. The molecule has 0 saturated carbocycles. The van der Waals surface area contributed by atoms with E-state index >= 15 is 0 Å². The van der Waals surface area contributed by atoms with Crippen molar-refractivity contribution in [1.82, 2.24) is 9.55 Å². The highest BCUT2D eigenvalue weighted by atomic mass is 32.3. The molecule has 25 heavy (non-hydrogen) atoms. The van der Waals surface area contributed by atoms with Gasteiger partial charge in [-0.1, -0.05) is 18.2 Å². The van der Waals surface area contributed by atoms with E-state index in [1.165, 1.54) is 10.6 Å². The van der Waals surface area contributed by atoms with Gasteiger partial charge in [0, 0.05) is 5.69 Å². The van der Waals surface area contributed by atoms with E-state index in [0.29, 0.717) is 22.3 Å². The largest absolute Gasteiger partial charge is 0.399 e. The number of benzene rings is 2. The molecule has 0 amide bonds. The molecule has 0 aliphatic carbocycles. The zero-order chi connectivity index (χ0) is 18.2. The average Bonchev–Trinajstić information content (AvgIpc) is 2.54. The summed E-state index contributed by atoms with van der Waals surface area (Å²) >= 11 is 0. The summed E-state index contributed by atoms with van der Waals surface area (Å²) < 4.78 is 36.3. The molecule has 9 heteroatoms. The number of fused-ring (bicyclic) bond motifs is 1. The molecular formula is C16H15N3O5S. The Balaban J connectivity index is 2.32. The standard InChI is InChI=1S/C16H15N3O5S/c1-10-4-2-3-5-14(10)19-15(9-24-25(21,22)23)18-13-7-6-11(17)8-12(13)16(19)20/h2-8H,9,17H2,1H3,(H,21,22,23). The van der Waals surface area contributed by atoms with Crippen LogP contribution in [0.2, 0.25) is 0 Å². The molecule has 0 atom stereocenters. The molecule has 0 bridgehead atoms. The van der Waals surface area contributed by atoms with E-state index in [1.807, 2.05) is 6.07 Å². The summed E-state index contributed by atoms with van der Waals surface area (Å²) in [4.78, 5) is 17.3. The Kier molecular flexibility index (Phi) is 4.29. The van der Waals surface area contributed by atoms with Crippen LogP contribution in [0.4, 0.5) is 5.69 Å². The van der Waals surface area contributed by atoms with Gasteiger partial charge in [-0.05, 0) is 36.8 Å². The Bertz CT molecular complexity index is 1120. The van der Waals surface area contributed by atoms with Gasteiger partial charge in [0.1, 0.15) is 12.4 Å². The number of aryl methyl sites for hydroxylation is 1. The van der Waals surface area contributed by atoms with E-state index in [1.54, 1.807) is 37.3 Å². The van der Waals surface area contributed by atoms with Crippen LogP contribution in [0.1, 0.15) is 11.4 Å². The highest BCUT2D eigenvalue weighted by Gasteiger charge is 2.16. The molecule has 0 spiro atoms. The number of nitrogens with two attached hydrogens (primary N) is 1. The summed E-state index contributed by atoms with van der Waals surface area (Å²) in [6.45, 7) is 1.21. The Labute approximate surface area is 143 Å². The van der Waals surface area contributed by atoms with Gasteiger partial charge in [0.15, 0.2) is 0 Å². The zero-order valence-corrected chi connectivity index (χ0v) is 14.0. The average molecular weight is 361 g/mol. The first kappa shape index (κ1) is 17.1. The maximum absolute atomic E-state index is 13.0. The highest BCUT2D eigenvalue weighted by molar-refractivity contribution is 7.80. The van der Waals surface area contributed by atoms with Crippen LogP contribution in [-0.4, -0.2) is 22.5 Å². The minimum Gasteiger partial charge on any atom is -0.399 e. The van der Waals surface area contributed by atoms with E-state index in [9.17, 15) is 13.2 Å². The summed E-state index contributed by atoms with van der Waals surface area (Å²) in [5.74, 6) is 0.0363. The van der Waals surface area contributed by atoms with Crippen LogP contribution < -0.4 is 11.3 Å². The number of hydrogen-bond donors (Lipinski definition) is 2. The number of aromatic nitrogens is 2. The van der Waals surface area contributed by atoms with Crippen molar-refractivity contribution in [2.24, 2.45) is 0 Å². The molecule has 2 aromatic carbocycles. The van der Waals surface area contributed by atoms with Crippen LogP contribution in [0.3, 0.4) is 0 Å². The summed E-state index contributed by atoms with van der Waals surface area (Å²) in [5, 5.41) is 0.291. The fourth-order valence-electron chi connectivity index (χ4n) is 2.54. The van der Waals surface area contributed by atoms with Gasteiger partial charge in [-0.3, -0.25) is 13.9 Å². The van der Waals surface area contributed by atoms with Gasteiger partial charge < -0.3 is 5.73 Å². The number of hydrogen-bond acceptors (Lipinski definition) is 6. The third-order valence-corrected chi connectivity index (χ3v) is 4.07. The maximum atomic E-state index is 13.0. The van der Waals surface area contributed by atoms with E-state index < -0.39 is 22.6 Å². The lowest BCUT2D eigenvalue weighted by Gasteiger charge is -2.15. The summed E-state index contributed by atoms with van der Waals surface area (Å²) in [6, 6.07) is 11.7. The highest BCUT2D eigenvalue weighted by Crippen LogP contribution is 2.18. The Morgan fingerprint density at radius 3 is 2.64 bits per heavy atom. The molecule has 0 aliphatic rings. The second-order valence-corrected chi connectivity index (χ2v) is 6.51. The second-order valence-electron chi connectivity index (χ2n) is 5.42. The van der Waals surface area contributed by atoms with Gasteiger partial charge in [0.05, 0.1) is 16.6 Å². The normalized spacial score (nSPS) is 11.8. The Morgan fingerprint density at radius 2 is 1.96 bits per heavy atom. The van der Waals surface area contributed by atoms with E-state index in [4.69, 9.17) is 10.3 Å². The molecule has 0 fully saturated rings. The lowest BCUT2D eigenvalue weighted by molar-refractivity contribution is 0.250. The van der Waals surface area contributed by atoms with Crippen LogP contribution >= 0.6 is 0 Å². The van der Waals surface area contributed by atoms with Crippen molar-refractivity contribution in [3.63, 3.8) is 0 Å². The maximum Gasteiger partial charge on any atom is 0.397 e. The number of rotatable bonds is 4. The third kappa shape index (κ3) is 3.53. The quantitative estimate of drug-likeness (QED) is 0.534. The third-order valence-electron chi connectivity index (χ3n) is 3.66. The molecule has 1 heterocycles. The molecule has 0 radical (unpaired) electrons. The number of nitrogens with zero attached hydrogens (tertiary/aromatic N) is 2. The van der Waals surface area contributed by atoms with Crippen LogP contribution in [0.25, 0.3) is 16.6 Å². The van der Waals surface area contributed by atoms with E-state index in [-0.39, 0.29) is 5.82 Å². The minimum atomic E-state index is -4.68. The van der Waals surface area contributed by atoms with E-state index in [2.05, 4.69) is 9.17 Å². The van der Waals surface area contributed by atoms with Crippen molar-refractivity contribution >= 4 is 27.0 Å². The predicted molar refractivity (Wildman–Crippen MR) is 92.8 cm³/mol. The lowest BCUT2D eigenvalue weighted by atomic mass is 10.1. The topological polar surface area (TPSA) is 125 Å². The SMILES string of the molecule is Cc1ccccc1-n1c(COS(=O)(=O)O)nc2ccc(N)cc2c1=O. The number of anilines is 1. The Hall–Kier alpha value is -2.75. The van der Waals surface area contributed by atoms with Crippen LogP contribution in [0.15, 0.2) is 47.3 Å². The van der Waals surface area contributed by atoms with Crippen LogP contribution in [0, 0.1) is 6.92 Å². The molecule has 3 N–H and O–H groups in total. The molecular weight excluding hydrogens is 346 g/mol. The van der Waals surface area contributed by atoms with Crippen molar-refractivity contribution < 1.29 is 17.2 Å². The van der Waals surface area contributed by atoms with Gasteiger partial charge >= 0.3 is 10.4 Å². The molecule has 3 aromatic rings. The van der Waals surface area contributed by atoms with Crippen LogP contribution in [-0.2, 0) is 21.2 Å². The summed E-state index contributed by atoms with van der Waals surface area (Å²) in [5.41, 5.74) is 7.40. The van der Waals surface area contributed by atoms with E-state index in [0.717, 1.165) is 5.56 Å². The number of nitrogen functional groups attached to an aromatic ring is 1. The summed E-state index contributed by atoms with van der Waals surface area (Å²) in [7, 11) is -4.68. The first-order valence-corrected chi connectivity index (χ1v) is 8.62. The van der Waals surface area contributed by atoms with Crippen molar-refractivity contribution in [1.29, 1.82) is 0 Å². The molecule has 0 unspecified atom stereocenters. The molecule has 8 nitrogen and oxygen atoms in total. The second kappa shape index (κ2) is 6.28. The summed E-state index contributed by atoms with van der Waals surface area (Å²) in [6.07, 6.45) is 0. The van der Waals surface area contributed by atoms with Gasteiger partial charge in [0.25, 0.3) is 5.56 Å². The zero-order valence-electron chi connectivity index (χ0n) is 13.2. The van der Waals surface area contributed by atoms with Gasteiger partial charge in [-0.2, -0.15) is 8.42 Å². The molecule has 0 saturated heterocycles. The first-order chi connectivity index (χ1) is 11.8. The van der Waals surface area contributed by atoms with Crippen molar-refractivity contribution in [2.45, 2.75) is 13.5 Å². The smallest absolute Gasteiger partial charge is 0.397 e. The van der Waals surface area contributed by atoms with Crippen molar-refractivity contribution in [3.8, 4) is 5.69 Å². The first-order valence-electron chi connectivity index (χ1n) is 7.25. The monoisotopic (exact) mass is 361 g/mol. The Morgan fingerprint density at radius 1 is 1.24 bits per heavy atom. The van der Waals surface area contributed by atoms with Crippen LogP contribution in [0.5, 0.6) is 0 Å². The molecule has 130 valence electrons. The van der Waals surface area contributed by atoms with Crippen molar-refractivity contribution in [2.75, 3.05) is 5.73 Å². The van der Waals surface area contributed by atoms with Gasteiger partial charge in [-0.25, -0.2) is 9.17 Å². The predicted octanol–water partition coefficient (Wildman–Crippen LogP) is 1.60.